The lowest BCUT2D eigenvalue weighted by atomic mass is 9.74. The van der Waals surface area contributed by atoms with E-state index in [1.54, 1.807) is 0 Å². The van der Waals surface area contributed by atoms with Gasteiger partial charge in [0.2, 0.25) is 0 Å². The largest absolute Gasteiger partial charge is 0.493 e. The first kappa shape index (κ1) is 15.1. The zero-order chi connectivity index (χ0) is 14.7. The van der Waals surface area contributed by atoms with Crippen molar-refractivity contribution in [1.82, 2.24) is 5.32 Å². The lowest BCUT2D eigenvalue weighted by Crippen LogP contribution is -2.38. The van der Waals surface area contributed by atoms with Crippen molar-refractivity contribution < 1.29 is 9.84 Å². The number of halogens is 1. The molecule has 1 aromatic carbocycles. The number of benzene rings is 1. The average Bonchev–Trinajstić information content (AvgIpc) is 2.96. The Hall–Kier alpha value is -0.770. The fraction of sp³-hybridized carbons (Fsp3) is 0.647. The number of ether oxygens (including phenoxy) is 1. The van der Waals surface area contributed by atoms with E-state index in [1.807, 2.05) is 12.1 Å². The lowest BCUT2D eigenvalue weighted by Gasteiger charge is -2.35. The Bertz CT molecular complexity index is 498. The van der Waals surface area contributed by atoms with Crippen LogP contribution in [-0.4, -0.2) is 24.9 Å². The van der Waals surface area contributed by atoms with E-state index in [-0.39, 0.29) is 12.0 Å². The van der Waals surface area contributed by atoms with Gasteiger partial charge in [0.25, 0.3) is 0 Å². The molecule has 1 fully saturated rings. The molecule has 0 radical (unpaired) electrons. The van der Waals surface area contributed by atoms with Crippen LogP contribution in [-0.2, 0) is 13.0 Å². The first-order valence-electron chi connectivity index (χ1n) is 7.98. The van der Waals surface area contributed by atoms with Gasteiger partial charge in [-0.25, -0.2) is 0 Å². The molecule has 3 rings (SSSR count). The van der Waals surface area contributed by atoms with Crippen LogP contribution in [0.5, 0.6) is 5.75 Å². The molecule has 0 amide bonds. The smallest absolute Gasteiger partial charge is 0.127 e. The van der Waals surface area contributed by atoms with Gasteiger partial charge in [-0.15, -0.1) is 0 Å². The van der Waals surface area contributed by atoms with Crippen molar-refractivity contribution in [2.75, 3.05) is 19.8 Å². The van der Waals surface area contributed by atoms with Gasteiger partial charge < -0.3 is 15.2 Å². The van der Waals surface area contributed by atoms with Crippen LogP contribution in [0.1, 0.15) is 43.2 Å². The summed E-state index contributed by atoms with van der Waals surface area (Å²) in [6.07, 6.45) is 6.97. The van der Waals surface area contributed by atoms with Crippen LogP contribution < -0.4 is 10.1 Å². The second-order valence-electron chi connectivity index (χ2n) is 6.47. The van der Waals surface area contributed by atoms with E-state index < -0.39 is 0 Å². The Morgan fingerprint density at radius 3 is 2.81 bits per heavy atom. The van der Waals surface area contributed by atoms with Crippen LogP contribution >= 0.6 is 11.6 Å². The maximum Gasteiger partial charge on any atom is 0.127 e. The number of hydrogen-bond acceptors (Lipinski definition) is 3. The van der Waals surface area contributed by atoms with Crippen molar-refractivity contribution >= 4 is 11.6 Å². The first-order valence-corrected chi connectivity index (χ1v) is 8.36. The normalized spacial score (nSPS) is 20.1. The number of aliphatic hydroxyl groups is 1. The van der Waals surface area contributed by atoms with E-state index in [9.17, 15) is 5.11 Å². The molecule has 0 atom stereocenters. The molecule has 1 aliphatic heterocycles. The molecule has 4 heteroatoms. The molecule has 21 heavy (non-hydrogen) atoms. The highest BCUT2D eigenvalue weighted by Gasteiger charge is 2.31. The standard InChI is InChI=1S/C17H24ClNO2/c18-15-8-13-4-7-21-16(13)14(9-15)10-19-11-17(12-20)5-2-1-3-6-17/h8-9,19-20H,1-7,10-12H2. The molecule has 0 unspecified atom stereocenters. The van der Waals surface area contributed by atoms with Crippen LogP contribution in [0.2, 0.25) is 5.02 Å². The molecule has 3 nitrogen and oxygen atoms in total. The highest BCUT2D eigenvalue weighted by atomic mass is 35.5. The maximum atomic E-state index is 9.75. The quantitative estimate of drug-likeness (QED) is 0.877. The number of nitrogens with one attached hydrogen (secondary N) is 1. The van der Waals surface area contributed by atoms with E-state index >= 15 is 0 Å². The van der Waals surface area contributed by atoms with Gasteiger partial charge in [0.05, 0.1) is 6.61 Å². The predicted octanol–water partition coefficient (Wildman–Crippen LogP) is 3.31. The fourth-order valence-electron chi connectivity index (χ4n) is 3.63. The molecular formula is C17H24ClNO2. The third kappa shape index (κ3) is 3.36. The molecule has 2 N–H and O–H groups in total. The minimum absolute atomic E-state index is 0.0703. The van der Waals surface area contributed by atoms with E-state index in [1.165, 1.54) is 24.8 Å². The van der Waals surface area contributed by atoms with Gasteiger partial charge in [-0.1, -0.05) is 30.9 Å². The predicted molar refractivity (Wildman–Crippen MR) is 85.0 cm³/mol. The van der Waals surface area contributed by atoms with Crippen molar-refractivity contribution in [3.05, 3.63) is 28.3 Å². The monoisotopic (exact) mass is 309 g/mol. The fourth-order valence-corrected chi connectivity index (χ4v) is 3.90. The van der Waals surface area contributed by atoms with Crippen molar-refractivity contribution in [2.24, 2.45) is 5.41 Å². The molecule has 1 saturated carbocycles. The zero-order valence-electron chi connectivity index (χ0n) is 12.5. The van der Waals surface area contributed by atoms with Gasteiger partial charge in [0.1, 0.15) is 5.75 Å². The Labute approximate surface area is 131 Å². The molecular weight excluding hydrogens is 286 g/mol. The molecule has 1 aromatic rings. The number of fused-ring (bicyclic) bond motifs is 1. The van der Waals surface area contributed by atoms with Gasteiger partial charge in [-0.05, 0) is 30.5 Å². The van der Waals surface area contributed by atoms with Gasteiger partial charge in [0, 0.05) is 42.1 Å². The van der Waals surface area contributed by atoms with Crippen LogP contribution in [0.4, 0.5) is 0 Å². The Morgan fingerprint density at radius 2 is 2.05 bits per heavy atom. The third-order valence-electron chi connectivity index (χ3n) is 4.89. The molecule has 2 aliphatic rings. The second kappa shape index (κ2) is 6.55. The summed E-state index contributed by atoms with van der Waals surface area (Å²) < 4.78 is 5.73. The first-order chi connectivity index (χ1) is 10.2. The maximum absolute atomic E-state index is 9.75. The lowest BCUT2D eigenvalue weighted by molar-refractivity contribution is 0.0810. The molecule has 0 aromatic heterocycles. The van der Waals surface area contributed by atoms with E-state index in [2.05, 4.69) is 5.32 Å². The number of aliphatic hydroxyl groups excluding tert-OH is 1. The second-order valence-corrected chi connectivity index (χ2v) is 6.91. The SMILES string of the molecule is OCC1(CNCc2cc(Cl)cc3c2OCC3)CCCCC1. The summed E-state index contributed by atoms with van der Waals surface area (Å²) >= 11 is 6.19. The molecule has 0 saturated heterocycles. The highest BCUT2D eigenvalue weighted by molar-refractivity contribution is 6.30. The topological polar surface area (TPSA) is 41.5 Å². The average molecular weight is 310 g/mol. The number of hydrogen-bond donors (Lipinski definition) is 2. The summed E-state index contributed by atoms with van der Waals surface area (Å²) in [6.45, 7) is 2.66. The molecule has 0 bridgehead atoms. The Morgan fingerprint density at radius 1 is 1.24 bits per heavy atom. The van der Waals surface area contributed by atoms with Crippen LogP contribution in [0.15, 0.2) is 12.1 Å². The van der Waals surface area contributed by atoms with Gasteiger partial charge >= 0.3 is 0 Å². The Balaban J connectivity index is 1.63. The van der Waals surface area contributed by atoms with E-state index in [4.69, 9.17) is 16.3 Å². The van der Waals surface area contributed by atoms with Crippen LogP contribution in [0, 0.1) is 5.41 Å². The summed E-state index contributed by atoms with van der Waals surface area (Å²) in [4.78, 5) is 0. The van der Waals surface area contributed by atoms with Crippen molar-refractivity contribution in [3.63, 3.8) is 0 Å². The van der Waals surface area contributed by atoms with Crippen molar-refractivity contribution in [3.8, 4) is 5.75 Å². The van der Waals surface area contributed by atoms with Crippen molar-refractivity contribution in [1.29, 1.82) is 0 Å². The summed E-state index contributed by atoms with van der Waals surface area (Å²) in [7, 11) is 0. The third-order valence-corrected chi connectivity index (χ3v) is 5.11. The Kier molecular flexibility index (Phi) is 4.72. The minimum Gasteiger partial charge on any atom is -0.493 e. The molecule has 116 valence electrons. The molecule has 1 heterocycles. The van der Waals surface area contributed by atoms with Crippen LogP contribution in [0.3, 0.4) is 0 Å². The van der Waals surface area contributed by atoms with Gasteiger partial charge in [-0.3, -0.25) is 0 Å². The summed E-state index contributed by atoms with van der Waals surface area (Å²) in [5.74, 6) is 1.01. The summed E-state index contributed by atoms with van der Waals surface area (Å²) in [5.41, 5.74) is 2.42. The van der Waals surface area contributed by atoms with Gasteiger partial charge in [-0.2, -0.15) is 0 Å². The molecule has 0 spiro atoms. The van der Waals surface area contributed by atoms with E-state index in [0.29, 0.717) is 0 Å². The van der Waals surface area contributed by atoms with Gasteiger partial charge in [0.15, 0.2) is 0 Å². The highest BCUT2D eigenvalue weighted by Crippen LogP contribution is 2.36. The molecule has 1 aliphatic carbocycles. The summed E-state index contributed by atoms with van der Waals surface area (Å²) in [6, 6.07) is 3.99. The van der Waals surface area contributed by atoms with Crippen molar-refractivity contribution in [2.45, 2.75) is 45.1 Å². The van der Waals surface area contributed by atoms with Crippen LogP contribution in [0.25, 0.3) is 0 Å². The summed E-state index contributed by atoms with van der Waals surface area (Å²) in [5, 5.41) is 14.1. The zero-order valence-corrected chi connectivity index (χ0v) is 13.2. The van der Waals surface area contributed by atoms with E-state index in [0.717, 1.165) is 55.3 Å². The minimum atomic E-state index is 0.0703. The number of rotatable bonds is 5.